The second-order valence-corrected chi connectivity index (χ2v) is 7.84. The minimum Gasteiger partial charge on any atom is -0.325 e. The SMILES string of the molecule is CCc1cccc(C)c1NC(=O)[C@H](C)Sc1nc(-c2ccccc2)cc(=O)[nH]1. The predicted octanol–water partition coefficient (Wildman–Crippen LogP) is 4.43. The number of para-hydroxylation sites is 1. The number of nitrogens with zero attached hydrogens (tertiary/aromatic N) is 1. The summed E-state index contributed by atoms with van der Waals surface area (Å²) in [6, 6.07) is 17.0. The molecule has 0 aliphatic carbocycles. The van der Waals surface area contributed by atoms with Crippen molar-refractivity contribution < 1.29 is 4.79 Å². The Morgan fingerprint density at radius 2 is 1.93 bits per heavy atom. The number of hydrogen-bond acceptors (Lipinski definition) is 4. The van der Waals surface area contributed by atoms with Crippen molar-refractivity contribution in [1.29, 1.82) is 0 Å². The lowest BCUT2D eigenvalue weighted by Gasteiger charge is -2.16. The van der Waals surface area contributed by atoms with Gasteiger partial charge < -0.3 is 10.3 Å². The fourth-order valence-electron chi connectivity index (χ4n) is 2.90. The molecule has 0 spiro atoms. The molecule has 0 aliphatic rings. The monoisotopic (exact) mass is 393 g/mol. The Bertz CT molecular complexity index is 1030. The third kappa shape index (κ3) is 4.70. The summed E-state index contributed by atoms with van der Waals surface area (Å²) in [5, 5.41) is 3.04. The Labute approximate surface area is 168 Å². The molecule has 0 bridgehead atoms. The smallest absolute Gasteiger partial charge is 0.252 e. The lowest BCUT2D eigenvalue weighted by atomic mass is 10.1. The number of thioether (sulfide) groups is 1. The van der Waals surface area contributed by atoms with Gasteiger partial charge in [-0.05, 0) is 31.4 Å². The van der Waals surface area contributed by atoms with Gasteiger partial charge in [-0.25, -0.2) is 4.98 Å². The number of carbonyl (C=O) groups excluding carboxylic acids is 1. The molecule has 144 valence electrons. The summed E-state index contributed by atoms with van der Waals surface area (Å²) in [5.41, 5.74) is 4.20. The maximum Gasteiger partial charge on any atom is 0.252 e. The lowest BCUT2D eigenvalue weighted by Crippen LogP contribution is -2.24. The molecule has 2 N–H and O–H groups in total. The number of aromatic amines is 1. The van der Waals surface area contributed by atoms with Gasteiger partial charge in [-0.15, -0.1) is 0 Å². The minimum atomic E-state index is -0.418. The van der Waals surface area contributed by atoms with Gasteiger partial charge in [-0.1, -0.05) is 67.2 Å². The van der Waals surface area contributed by atoms with E-state index in [1.165, 1.54) is 17.8 Å². The van der Waals surface area contributed by atoms with Gasteiger partial charge >= 0.3 is 0 Å². The number of carbonyl (C=O) groups is 1. The van der Waals surface area contributed by atoms with Crippen LogP contribution in [-0.4, -0.2) is 21.1 Å². The fourth-order valence-corrected chi connectivity index (χ4v) is 3.71. The van der Waals surface area contributed by atoms with E-state index in [9.17, 15) is 9.59 Å². The van der Waals surface area contributed by atoms with Crippen LogP contribution in [0.1, 0.15) is 25.0 Å². The number of aromatic nitrogens is 2. The Kier molecular flexibility index (Phi) is 6.31. The molecule has 0 unspecified atom stereocenters. The second kappa shape index (κ2) is 8.89. The Morgan fingerprint density at radius 3 is 2.64 bits per heavy atom. The molecule has 1 aromatic heterocycles. The summed E-state index contributed by atoms with van der Waals surface area (Å²) >= 11 is 1.23. The van der Waals surface area contributed by atoms with Crippen molar-refractivity contribution in [2.45, 2.75) is 37.6 Å². The topological polar surface area (TPSA) is 74.8 Å². The molecule has 0 fully saturated rings. The lowest BCUT2D eigenvalue weighted by molar-refractivity contribution is -0.115. The summed E-state index contributed by atoms with van der Waals surface area (Å²) in [6.45, 7) is 5.85. The first kappa shape index (κ1) is 19.9. The van der Waals surface area contributed by atoms with Crippen LogP contribution in [0.4, 0.5) is 5.69 Å². The molecule has 0 saturated carbocycles. The van der Waals surface area contributed by atoms with Crippen molar-refractivity contribution in [2.75, 3.05) is 5.32 Å². The number of nitrogens with one attached hydrogen (secondary N) is 2. The van der Waals surface area contributed by atoms with Crippen molar-refractivity contribution in [3.05, 3.63) is 76.1 Å². The van der Waals surface area contributed by atoms with Gasteiger partial charge in [0.25, 0.3) is 5.56 Å². The first-order valence-electron chi connectivity index (χ1n) is 9.20. The molecule has 28 heavy (non-hydrogen) atoms. The van der Waals surface area contributed by atoms with E-state index in [0.717, 1.165) is 28.8 Å². The van der Waals surface area contributed by atoms with Crippen molar-refractivity contribution in [3.8, 4) is 11.3 Å². The van der Waals surface area contributed by atoms with Gasteiger partial charge in [-0.2, -0.15) is 0 Å². The molecular weight excluding hydrogens is 370 g/mol. The van der Waals surface area contributed by atoms with E-state index in [4.69, 9.17) is 0 Å². The maximum atomic E-state index is 12.7. The van der Waals surface area contributed by atoms with Gasteiger partial charge in [-0.3, -0.25) is 9.59 Å². The van der Waals surface area contributed by atoms with E-state index in [0.29, 0.717) is 10.9 Å². The first-order valence-corrected chi connectivity index (χ1v) is 10.1. The van der Waals surface area contributed by atoms with E-state index in [1.807, 2.05) is 55.5 Å². The Hall–Kier alpha value is -2.86. The molecular formula is C22H23N3O2S. The van der Waals surface area contributed by atoms with Crippen LogP contribution in [0.15, 0.2) is 64.5 Å². The van der Waals surface area contributed by atoms with Gasteiger partial charge in [0.15, 0.2) is 5.16 Å². The average molecular weight is 394 g/mol. The fraction of sp³-hybridized carbons (Fsp3) is 0.227. The summed E-state index contributed by atoms with van der Waals surface area (Å²) in [5.74, 6) is -0.123. The molecule has 6 heteroatoms. The summed E-state index contributed by atoms with van der Waals surface area (Å²) < 4.78 is 0. The standard InChI is InChI=1S/C22H23N3O2S/c1-4-16-12-8-9-14(2)20(16)25-21(27)15(3)28-22-23-18(13-19(26)24-22)17-10-6-5-7-11-17/h5-13,15H,4H2,1-3H3,(H,25,27)(H,23,24,26)/t15-/m0/s1. The third-order valence-electron chi connectivity index (χ3n) is 4.44. The Morgan fingerprint density at radius 1 is 1.18 bits per heavy atom. The highest BCUT2D eigenvalue weighted by atomic mass is 32.2. The molecule has 3 rings (SSSR count). The van der Waals surface area contributed by atoms with Crippen LogP contribution < -0.4 is 10.9 Å². The predicted molar refractivity (Wildman–Crippen MR) is 115 cm³/mol. The first-order chi connectivity index (χ1) is 13.5. The van der Waals surface area contributed by atoms with Crippen molar-refractivity contribution in [3.63, 3.8) is 0 Å². The number of hydrogen-bond donors (Lipinski definition) is 2. The van der Waals surface area contributed by atoms with Gasteiger partial charge in [0.1, 0.15) is 0 Å². The number of anilines is 1. The molecule has 0 radical (unpaired) electrons. The van der Waals surface area contributed by atoms with Crippen LogP contribution in [0.5, 0.6) is 0 Å². The van der Waals surface area contributed by atoms with E-state index >= 15 is 0 Å². The molecule has 1 heterocycles. The van der Waals surface area contributed by atoms with E-state index < -0.39 is 5.25 Å². The molecule has 0 saturated heterocycles. The molecule has 1 atom stereocenters. The van der Waals surface area contributed by atoms with E-state index in [2.05, 4.69) is 22.2 Å². The summed E-state index contributed by atoms with van der Waals surface area (Å²) in [6.07, 6.45) is 0.840. The Balaban J connectivity index is 1.78. The number of H-pyrrole nitrogens is 1. The molecule has 2 aromatic carbocycles. The minimum absolute atomic E-state index is 0.123. The van der Waals surface area contributed by atoms with E-state index in [1.54, 1.807) is 6.92 Å². The van der Waals surface area contributed by atoms with Crippen LogP contribution >= 0.6 is 11.8 Å². The van der Waals surface area contributed by atoms with E-state index in [-0.39, 0.29) is 11.5 Å². The highest BCUT2D eigenvalue weighted by Crippen LogP contribution is 2.25. The number of amides is 1. The van der Waals surface area contributed by atoms with Crippen molar-refractivity contribution >= 4 is 23.4 Å². The van der Waals surface area contributed by atoms with Crippen LogP contribution in [0.2, 0.25) is 0 Å². The number of rotatable bonds is 6. The normalized spacial score (nSPS) is 11.8. The molecule has 3 aromatic rings. The zero-order chi connectivity index (χ0) is 20.1. The third-order valence-corrected chi connectivity index (χ3v) is 5.42. The van der Waals surface area contributed by atoms with Gasteiger partial charge in [0.2, 0.25) is 5.91 Å². The highest BCUT2D eigenvalue weighted by Gasteiger charge is 2.18. The van der Waals surface area contributed by atoms with Crippen molar-refractivity contribution in [1.82, 2.24) is 9.97 Å². The molecule has 5 nitrogen and oxygen atoms in total. The van der Waals surface area contributed by atoms with Gasteiger partial charge in [0, 0.05) is 17.3 Å². The van der Waals surface area contributed by atoms with Crippen LogP contribution in [0.3, 0.4) is 0 Å². The average Bonchev–Trinajstić information content (AvgIpc) is 2.69. The quantitative estimate of drug-likeness (QED) is 0.480. The maximum absolute atomic E-state index is 12.7. The second-order valence-electron chi connectivity index (χ2n) is 6.51. The largest absolute Gasteiger partial charge is 0.325 e. The van der Waals surface area contributed by atoms with Crippen LogP contribution in [0.25, 0.3) is 11.3 Å². The zero-order valence-corrected chi connectivity index (χ0v) is 17.0. The number of aryl methyl sites for hydroxylation is 2. The van der Waals surface area contributed by atoms with Gasteiger partial charge in [0.05, 0.1) is 10.9 Å². The number of benzene rings is 2. The molecule has 1 amide bonds. The van der Waals surface area contributed by atoms with Crippen LogP contribution in [0, 0.1) is 6.92 Å². The zero-order valence-electron chi connectivity index (χ0n) is 16.2. The van der Waals surface area contributed by atoms with Crippen molar-refractivity contribution in [2.24, 2.45) is 0 Å². The summed E-state index contributed by atoms with van der Waals surface area (Å²) in [7, 11) is 0. The molecule has 0 aliphatic heterocycles. The highest BCUT2D eigenvalue weighted by molar-refractivity contribution is 8.00. The van der Waals surface area contributed by atoms with Crippen LogP contribution in [-0.2, 0) is 11.2 Å². The summed E-state index contributed by atoms with van der Waals surface area (Å²) in [4.78, 5) is 32.0.